The highest BCUT2D eigenvalue weighted by Gasteiger charge is 2.02. The summed E-state index contributed by atoms with van der Waals surface area (Å²) in [6, 6.07) is 4.03. The minimum atomic E-state index is 1.03. The van der Waals surface area contributed by atoms with Crippen molar-refractivity contribution in [3.8, 4) is 0 Å². The Bertz CT molecular complexity index is 227. The van der Waals surface area contributed by atoms with Crippen molar-refractivity contribution in [3.63, 3.8) is 0 Å². The predicted molar refractivity (Wildman–Crippen MR) is 58.9 cm³/mol. The van der Waals surface area contributed by atoms with Crippen molar-refractivity contribution in [1.82, 2.24) is 9.88 Å². The Hall–Kier alpha value is -0.890. The second-order valence-corrected chi connectivity index (χ2v) is 3.57. The lowest BCUT2D eigenvalue weighted by Crippen LogP contribution is -2.24. The van der Waals surface area contributed by atoms with Gasteiger partial charge in [0.2, 0.25) is 0 Å². The Kier molecular flexibility index (Phi) is 5.23. The lowest BCUT2D eigenvalue weighted by atomic mass is 10.2. The first-order valence-electron chi connectivity index (χ1n) is 5.40. The van der Waals surface area contributed by atoms with Gasteiger partial charge in [0.25, 0.3) is 0 Å². The molecule has 1 aromatic rings. The molecule has 0 aliphatic carbocycles. The van der Waals surface area contributed by atoms with Crippen LogP contribution in [-0.2, 0) is 6.54 Å². The minimum absolute atomic E-state index is 1.03. The molecule has 0 saturated heterocycles. The molecule has 2 heteroatoms. The molecule has 0 unspecified atom stereocenters. The van der Waals surface area contributed by atoms with Crippen LogP contribution in [-0.4, -0.2) is 23.0 Å². The fourth-order valence-electron chi connectivity index (χ4n) is 1.60. The van der Waals surface area contributed by atoms with Gasteiger partial charge in [0.05, 0.1) is 6.20 Å². The van der Waals surface area contributed by atoms with Crippen LogP contribution in [0.15, 0.2) is 18.3 Å². The van der Waals surface area contributed by atoms with Gasteiger partial charge in [-0.25, -0.2) is 0 Å². The van der Waals surface area contributed by atoms with Crippen LogP contribution in [0, 0.1) is 6.20 Å². The number of nitrogens with zero attached hydrogens (tertiary/aromatic N) is 2. The summed E-state index contributed by atoms with van der Waals surface area (Å²) in [6.45, 7) is 7.83. The van der Waals surface area contributed by atoms with E-state index < -0.39 is 0 Å². The fourth-order valence-corrected chi connectivity index (χ4v) is 1.60. The average molecular weight is 191 g/mol. The third-order valence-corrected chi connectivity index (χ3v) is 2.17. The summed E-state index contributed by atoms with van der Waals surface area (Å²) in [5.41, 5.74) is 1.31. The van der Waals surface area contributed by atoms with Crippen molar-refractivity contribution in [1.29, 1.82) is 0 Å². The molecule has 0 fully saturated rings. The van der Waals surface area contributed by atoms with Gasteiger partial charge >= 0.3 is 0 Å². The lowest BCUT2D eigenvalue weighted by Gasteiger charge is -2.20. The van der Waals surface area contributed by atoms with E-state index in [0.29, 0.717) is 0 Å². The van der Waals surface area contributed by atoms with Crippen molar-refractivity contribution in [3.05, 3.63) is 30.1 Å². The van der Waals surface area contributed by atoms with Crippen LogP contribution in [0.5, 0.6) is 0 Å². The highest BCUT2D eigenvalue weighted by atomic mass is 15.1. The second-order valence-electron chi connectivity index (χ2n) is 3.57. The molecule has 0 aliphatic rings. The summed E-state index contributed by atoms with van der Waals surface area (Å²) in [4.78, 5) is 6.38. The summed E-state index contributed by atoms with van der Waals surface area (Å²) < 4.78 is 0. The van der Waals surface area contributed by atoms with Gasteiger partial charge in [0, 0.05) is 12.7 Å². The molecule has 14 heavy (non-hydrogen) atoms. The Labute approximate surface area is 87.0 Å². The zero-order chi connectivity index (χ0) is 10.2. The standard InChI is InChI=1S/C12H19N2/c1-3-9-14(10-4-2)11-12-5-7-13-8-6-12/h5-7H,3-4,9-11H2,1-2H3. The van der Waals surface area contributed by atoms with Crippen molar-refractivity contribution in [2.45, 2.75) is 33.2 Å². The van der Waals surface area contributed by atoms with Crippen LogP contribution in [0.4, 0.5) is 0 Å². The van der Waals surface area contributed by atoms with E-state index in [1.165, 1.54) is 31.5 Å². The van der Waals surface area contributed by atoms with Crippen LogP contribution in [0.3, 0.4) is 0 Å². The molecule has 0 bridgehead atoms. The van der Waals surface area contributed by atoms with E-state index in [1.54, 1.807) is 0 Å². The molecule has 1 heterocycles. The first-order chi connectivity index (χ1) is 6.86. The Morgan fingerprint density at radius 2 is 2.00 bits per heavy atom. The van der Waals surface area contributed by atoms with E-state index in [2.05, 4.69) is 36.0 Å². The number of hydrogen-bond acceptors (Lipinski definition) is 2. The van der Waals surface area contributed by atoms with Crippen molar-refractivity contribution in [2.24, 2.45) is 0 Å². The third kappa shape index (κ3) is 3.88. The first kappa shape index (κ1) is 11.2. The first-order valence-corrected chi connectivity index (χ1v) is 5.40. The van der Waals surface area contributed by atoms with E-state index in [4.69, 9.17) is 0 Å². The molecule has 0 aromatic carbocycles. The molecular formula is C12H19N2. The lowest BCUT2D eigenvalue weighted by molar-refractivity contribution is 0.266. The molecule has 1 radical (unpaired) electrons. The summed E-state index contributed by atoms with van der Waals surface area (Å²) >= 11 is 0. The van der Waals surface area contributed by atoms with Gasteiger partial charge in [-0.2, -0.15) is 0 Å². The maximum Gasteiger partial charge on any atom is 0.0889 e. The third-order valence-electron chi connectivity index (χ3n) is 2.17. The SMILES string of the molecule is CCCN(CCC)Cc1c[c]ncc1. The van der Waals surface area contributed by atoms with Crippen molar-refractivity contribution in [2.75, 3.05) is 13.1 Å². The Morgan fingerprint density at radius 3 is 2.50 bits per heavy atom. The molecule has 1 rings (SSSR count). The van der Waals surface area contributed by atoms with Crippen LogP contribution in [0.25, 0.3) is 0 Å². The monoisotopic (exact) mass is 191 g/mol. The molecule has 0 aliphatic heterocycles. The van der Waals surface area contributed by atoms with E-state index >= 15 is 0 Å². The van der Waals surface area contributed by atoms with Gasteiger partial charge in [-0.15, -0.1) is 0 Å². The normalized spacial score (nSPS) is 10.8. The number of aromatic nitrogens is 1. The van der Waals surface area contributed by atoms with Gasteiger partial charge in [-0.05, 0) is 43.6 Å². The highest BCUT2D eigenvalue weighted by Crippen LogP contribution is 2.04. The zero-order valence-electron chi connectivity index (χ0n) is 9.16. The molecule has 1 aromatic heterocycles. The fraction of sp³-hybridized carbons (Fsp3) is 0.583. The summed E-state index contributed by atoms with van der Waals surface area (Å²) in [5.74, 6) is 0. The second kappa shape index (κ2) is 6.55. The van der Waals surface area contributed by atoms with Gasteiger partial charge < -0.3 is 0 Å². The quantitative estimate of drug-likeness (QED) is 0.687. The summed E-state index contributed by atoms with van der Waals surface area (Å²) in [7, 11) is 0. The van der Waals surface area contributed by atoms with Gasteiger partial charge in [0.1, 0.15) is 0 Å². The largest absolute Gasteiger partial charge is 0.299 e. The number of hydrogen-bond donors (Lipinski definition) is 0. The maximum atomic E-state index is 3.90. The molecule has 2 nitrogen and oxygen atoms in total. The molecule has 77 valence electrons. The van der Waals surface area contributed by atoms with E-state index in [-0.39, 0.29) is 0 Å². The molecule has 0 saturated carbocycles. The Balaban J connectivity index is 2.46. The van der Waals surface area contributed by atoms with Gasteiger partial charge in [-0.3, -0.25) is 9.88 Å². The van der Waals surface area contributed by atoms with Crippen molar-refractivity contribution < 1.29 is 0 Å². The van der Waals surface area contributed by atoms with Crippen molar-refractivity contribution >= 4 is 0 Å². The van der Waals surface area contributed by atoms with E-state index in [0.717, 1.165) is 6.54 Å². The number of pyridine rings is 1. The van der Waals surface area contributed by atoms with Crippen LogP contribution in [0.2, 0.25) is 0 Å². The predicted octanol–water partition coefficient (Wildman–Crippen LogP) is 2.50. The summed E-state index contributed by atoms with van der Waals surface area (Å²) in [5, 5.41) is 0. The zero-order valence-corrected chi connectivity index (χ0v) is 9.16. The molecule has 0 amide bonds. The minimum Gasteiger partial charge on any atom is -0.299 e. The number of rotatable bonds is 6. The molecular weight excluding hydrogens is 172 g/mol. The Morgan fingerprint density at radius 1 is 1.29 bits per heavy atom. The summed E-state index contributed by atoms with van der Waals surface area (Å²) in [6.07, 6.45) is 7.12. The smallest absolute Gasteiger partial charge is 0.0889 e. The topological polar surface area (TPSA) is 16.1 Å². The van der Waals surface area contributed by atoms with Crippen LogP contribution >= 0.6 is 0 Å². The molecule has 0 atom stereocenters. The molecule has 0 spiro atoms. The molecule has 0 N–H and O–H groups in total. The van der Waals surface area contributed by atoms with E-state index in [1.807, 2.05) is 12.3 Å². The van der Waals surface area contributed by atoms with Crippen LogP contribution in [0.1, 0.15) is 32.3 Å². The van der Waals surface area contributed by atoms with Crippen LogP contribution < -0.4 is 0 Å². The maximum absolute atomic E-state index is 3.90. The van der Waals surface area contributed by atoms with E-state index in [9.17, 15) is 0 Å². The van der Waals surface area contributed by atoms with Gasteiger partial charge in [0.15, 0.2) is 0 Å². The van der Waals surface area contributed by atoms with Gasteiger partial charge in [-0.1, -0.05) is 13.8 Å². The highest BCUT2D eigenvalue weighted by molar-refractivity contribution is 5.08. The average Bonchev–Trinajstić information content (AvgIpc) is 2.20.